The van der Waals surface area contributed by atoms with Gasteiger partial charge in [0.15, 0.2) is 6.61 Å². The monoisotopic (exact) mass is 307 g/mol. The van der Waals surface area contributed by atoms with E-state index in [2.05, 4.69) is 5.32 Å². The van der Waals surface area contributed by atoms with Gasteiger partial charge in [0.05, 0.1) is 5.02 Å². The Bertz CT molecular complexity index is 676. The summed E-state index contributed by atoms with van der Waals surface area (Å²) in [4.78, 5) is 22.3. The summed E-state index contributed by atoms with van der Waals surface area (Å²) in [6.07, 6.45) is 0.688. The van der Waals surface area contributed by atoms with Crippen LogP contribution in [0.5, 0.6) is 5.75 Å². The van der Waals surface area contributed by atoms with Crippen LogP contribution in [0.25, 0.3) is 0 Å². The molecule has 0 saturated heterocycles. The molecule has 0 heterocycles. The van der Waals surface area contributed by atoms with Crippen molar-refractivity contribution in [3.05, 3.63) is 58.9 Å². The van der Waals surface area contributed by atoms with Crippen LogP contribution >= 0.6 is 11.6 Å². The minimum atomic E-state index is -0.559. The molecule has 2 aromatic rings. The van der Waals surface area contributed by atoms with Crippen LogP contribution in [0.3, 0.4) is 0 Å². The Balaban J connectivity index is 1.92. The lowest BCUT2D eigenvalue weighted by molar-refractivity contribution is -0.118. The Hall–Kier alpha value is -2.40. The maximum atomic E-state index is 13.0. The highest BCUT2D eigenvalue weighted by Gasteiger charge is 2.06. The van der Waals surface area contributed by atoms with Crippen molar-refractivity contribution in [1.29, 1.82) is 0 Å². The quantitative estimate of drug-likeness (QED) is 0.862. The third-order valence-corrected chi connectivity index (χ3v) is 2.86. The van der Waals surface area contributed by atoms with E-state index in [9.17, 15) is 14.0 Å². The Morgan fingerprint density at radius 2 is 2.10 bits per heavy atom. The number of carbonyl (C=O) groups is 2. The molecule has 0 aromatic heterocycles. The summed E-state index contributed by atoms with van der Waals surface area (Å²) in [6, 6.07) is 10.3. The van der Waals surface area contributed by atoms with E-state index in [1.807, 2.05) is 0 Å². The summed E-state index contributed by atoms with van der Waals surface area (Å²) in [7, 11) is 0. The molecule has 4 nitrogen and oxygen atoms in total. The molecule has 1 N–H and O–H groups in total. The second-order valence-corrected chi connectivity index (χ2v) is 4.56. The lowest BCUT2D eigenvalue weighted by Gasteiger charge is -2.08. The predicted octanol–water partition coefficient (Wildman–Crippen LogP) is 3.31. The van der Waals surface area contributed by atoms with E-state index in [1.165, 1.54) is 18.2 Å². The zero-order chi connectivity index (χ0) is 15.2. The summed E-state index contributed by atoms with van der Waals surface area (Å²) >= 11 is 5.61. The molecular formula is C15H11ClFNO3. The van der Waals surface area contributed by atoms with Crippen molar-refractivity contribution < 1.29 is 18.7 Å². The van der Waals surface area contributed by atoms with Gasteiger partial charge < -0.3 is 10.1 Å². The van der Waals surface area contributed by atoms with Gasteiger partial charge in [-0.1, -0.05) is 23.7 Å². The number of nitrogens with one attached hydrogen (secondary N) is 1. The Kier molecular flexibility index (Phi) is 4.90. The maximum absolute atomic E-state index is 13.0. The van der Waals surface area contributed by atoms with E-state index < -0.39 is 11.7 Å². The number of hydrogen-bond donors (Lipinski definition) is 1. The summed E-state index contributed by atoms with van der Waals surface area (Å²) in [5.74, 6) is -0.572. The summed E-state index contributed by atoms with van der Waals surface area (Å²) in [5, 5.41) is 2.45. The highest BCUT2D eigenvalue weighted by Crippen LogP contribution is 2.19. The summed E-state index contributed by atoms with van der Waals surface area (Å²) in [6.45, 7) is -0.239. The van der Waals surface area contributed by atoms with Gasteiger partial charge in [-0.2, -0.15) is 0 Å². The highest BCUT2D eigenvalue weighted by atomic mass is 35.5. The van der Waals surface area contributed by atoms with Crippen molar-refractivity contribution in [2.75, 3.05) is 11.9 Å². The van der Waals surface area contributed by atoms with E-state index in [4.69, 9.17) is 16.3 Å². The first kappa shape index (κ1) is 15.0. The van der Waals surface area contributed by atoms with Gasteiger partial charge in [0.1, 0.15) is 17.9 Å². The molecule has 0 aliphatic heterocycles. The maximum Gasteiger partial charge on any atom is 0.262 e. The van der Waals surface area contributed by atoms with E-state index in [0.29, 0.717) is 23.3 Å². The normalized spacial score (nSPS) is 10.0. The first-order valence-electron chi connectivity index (χ1n) is 6.01. The summed E-state index contributed by atoms with van der Waals surface area (Å²) in [5.41, 5.74) is 0.829. The lowest BCUT2D eigenvalue weighted by atomic mass is 10.2. The molecule has 0 spiro atoms. The number of aldehydes is 1. The van der Waals surface area contributed by atoms with Crippen molar-refractivity contribution in [2.45, 2.75) is 0 Å². The molecule has 0 atom stereocenters. The molecule has 0 bridgehead atoms. The zero-order valence-electron chi connectivity index (χ0n) is 10.8. The number of rotatable bonds is 5. The van der Waals surface area contributed by atoms with Crippen molar-refractivity contribution in [2.24, 2.45) is 0 Å². The molecule has 0 unspecified atom stereocenters. The average Bonchev–Trinajstić information content (AvgIpc) is 2.49. The predicted molar refractivity (Wildman–Crippen MR) is 77.4 cm³/mol. The Labute approximate surface area is 125 Å². The van der Waals surface area contributed by atoms with Crippen LogP contribution in [-0.4, -0.2) is 18.8 Å². The van der Waals surface area contributed by atoms with Crippen molar-refractivity contribution in [1.82, 2.24) is 0 Å². The van der Waals surface area contributed by atoms with Gasteiger partial charge in [-0.3, -0.25) is 9.59 Å². The highest BCUT2D eigenvalue weighted by molar-refractivity contribution is 6.31. The van der Waals surface area contributed by atoms with Crippen LogP contribution in [0, 0.1) is 5.82 Å². The summed E-state index contributed by atoms with van der Waals surface area (Å²) < 4.78 is 18.2. The fourth-order valence-corrected chi connectivity index (χ4v) is 1.78. The topological polar surface area (TPSA) is 55.4 Å². The van der Waals surface area contributed by atoms with Gasteiger partial charge in [-0.25, -0.2) is 4.39 Å². The van der Waals surface area contributed by atoms with Crippen LogP contribution < -0.4 is 10.1 Å². The van der Waals surface area contributed by atoms with Gasteiger partial charge in [0.2, 0.25) is 0 Å². The van der Waals surface area contributed by atoms with Gasteiger partial charge >= 0.3 is 0 Å². The molecule has 0 saturated carbocycles. The van der Waals surface area contributed by atoms with E-state index >= 15 is 0 Å². The number of anilines is 1. The number of ether oxygens (including phenoxy) is 1. The van der Waals surface area contributed by atoms with Crippen molar-refractivity contribution >= 4 is 29.5 Å². The van der Waals surface area contributed by atoms with E-state index in [0.717, 1.165) is 6.07 Å². The molecule has 1 amide bonds. The van der Waals surface area contributed by atoms with Gasteiger partial charge in [-0.05, 0) is 30.3 Å². The lowest BCUT2D eigenvalue weighted by Crippen LogP contribution is -2.20. The van der Waals surface area contributed by atoms with Crippen LogP contribution in [0.4, 0.5) is 10.1 Å². The molecule has 2 aromatic carbocycles. The van der Waals surface area contributed by atoms with Crippen LogP contribution in [0.1, 0.15) is 10.4 Å². The third kappa shape index (κ3) is 4.29. The minimum Gasteiger partial charge on any atom is -0.484 e. The molecule has 0 fully saturated rings. The van der Waals surface area contributed by atoms with Gasteiger partial charge in [0.25, 0.3) is 5.91 Å². The molecule has 2 rings (SSSR count). The Morgan fingerprint density at radius 1 is 1.29 bits per heavy atom. The molecule has 21 heavy (non-hydrogen) atoms. The number of hydrogen-bond acceptors (Lipinski definition) is 3. The fraction of sp³-hybridized carbons (Fsp3) is 0.0667. The van der Waals surface area contributed by atoms with Gasteiger partial charge in [0, 0.05) is 11.3 Å². The second-order valence-electron chi connectivity index (χ2n) is 4.16. The smallest absolute Gasteiger partial charge is 0.262 e. The van der Waals surface area contributed by atoms with Crippen LogP contribution in [0.2, 0.25) is 5.02 Å². The number of benzene rings is 2. The largest absolute Gasteiger partial charge is 0.484 e. The molecule has 0 aliphatic carbocycles. The molecule has 108 valence electrons. The Morgan fingerprint density at radius 3 is 2.81 bits per heavy atom. The zero-order valence-corrected chi connectivity index (χ0v) is 11.6. The molecule has 0 radical (unpaired) electrons. The van der Waals surface area contributed by atoms with Crippen LogP contribution in [-0.2, 0) is 4.79 Å². The number of carbonyl (C=O) groups excluding carboxylic acids is 2. The van der Waals surface area contributed by atoms with E-state index in [-0.39, 0.29) is 11.6 Å². The van der Waals surface area contributed by atoms with Crippen LogP contribution in [0.15, 0.2) is 42.5 Å². The van der Waals surface area contributed by atoms with Crippen molar-refractivity contribution in [3.63, 3.8) is 0 Å². The third-order valence-electron chi connectivity index (χ3n) is 2.57. The number of halogens is 2. The second kappa shape index (κ2) is 6.85. The minimum absolute atomic E-state index is 0.0765. The number of amides is 1. The van der Waals surface area contributed by atoms with Gasteiger partial charge in [-0.15, -0.1) is 0 Å². The SMILES string of the molecule is O=Cc1cccc(OCC(=O)Nc2ccc(F)c(Cl)c2)c1. The van der Waals surface area contributed by atoms with Crippen molar-refractivity contribution in [3.8, 4) is 5.75 Å². The van der Waals surface area contributed by atoms with E-state index in [1.54, 1.807) is 18.2 Å². The molecule has 6 heteroatoms. The average molecular weight is 308 g/mol. The molecular weight excluding hydrogens is 297 g/mol. The standard InChI is InChI=1S/C15H11ClFNO3/c16-13-7-11(4-5-14(13)17)18-15(20)9-21-12-3-1-2-10(6-12)8-19/h1-8H,9H2,(H,18,20). The molecule has 0 aliphatic rings. The first-order chi connectivity index (χ1) is 10.1. The fourth-order valence-electron chi connectivity index (χ4n) is 1.60. The first-order valence-corrected chi connectivity index (χ1v) is 6.39.